The highest BCUT2D eigenvalue weighted by Crippen LogP contribution is 2.40. The summed E-state index contributed by atoms with van der Waals surface area (Å²) in [5, 5.41) is 10.8. The van der Waals surface area contributed by atoms with Crippen molar-refractivity contribution in [2.45, 2.75) is 25.6 Å². The minimum Gasteiger partial charge on any atom is -0.479 e. The van der Waals surface area contributed by atoms with Crippen LogP contribution in [0.3, 0.4) is 0 Å². The zero-order valence-corrected chi connectivity index (χ0v) is 10.5. The fraction of sp³-hybridized carbons (Fsp3) is 0.286. The Hall–Kier alpha value is -2.14. The second-order valence-electron chi connectivity index (χ2n) is 5.03. The normalized spacial score (nSPS) is 21.0. The first-order valence-electron chi connectivity index (χ1n) is 5.88. The van der Waals surface area contributed by atoms with E-state index in [9.17, 15) is 14.7 Å². The van der Waals surface area contributed by atoms with Crippen LogP contribution in [0.5, 0.6) is 5.75 Å². The van der Waals surface area contributed by atoms with E-state index in [0.29, 0.717) is 11.1 Å². The lowest BCUT2D eigenvalue weighted by atomic mass is 9.89. The van der Waals surface area contributed by atoms with Crippen molar-refractivity contribution >= 4 is 16.8 Å². The summed E-state index contributed by atoms with van der Waals surface area (Å²) in [5.41, 5.74) is -1.22. The van der Waals surface area contributed by atoms with Crippen LogP contribution in [-0.2, 0) is 4.79 Å². The number of ether oxygens (including phenoxy) is 1. The molecule has 1 aliphatic heterocycles. The van der Waals surface area contributed by atoms with Gasteiger partial charge in [-0.1, -0.05) is 0 Å². The van der Waals surface area contributed by atoms with Gasteiger partial charge in [-0.15, -0.1) is 0 Å². The number of carbonyl (C=O) groups is 1. The highest BCUT2D eigenvalue weighted by Gasteiger charge is 2.43. The number of ketones is 1. The topological polar surface area (TPSA) is 76.7 Å². The van der Waals surface area contributed by atoms with E-state index in [1.165, 1.54) is 6.07 Å². The molecule has 0 spiro atoms. The molecule has 5 heteroatoms. The first-order chi connectivity index (χ1) is 8.90. The molecule has 5 nitrogen and oxygen atoms in total. The fourth-order valence-electron chi connectivity index (χ4n) is 2.27. The van der Waals surface area contributed by atoms with Crippen LogP contribution in [0.25, 0.3) is 11.0 Å². The SMILES string of the molecule is CC1(C)Oc2ccc3ccc(=O)oc3c2[C@@H](O)C1=O. The lowest BCUT2D eigenvalue weighted by molar-refractivity contribution is -0.143. The van der Waals surface area contributed by atoms with Gasteiger partial charge in [0.15, 0.2) is 5.60 Å². The van der Waals surface area contributed by atoms with Crippen molar-refractivity contribution in [3.05, 3.63) is 40.2 Å². The molecule has 98 valence electrons. The average molecular weight is 260 g/mol. The molecule has 1 aromatic carbocycles. The number of hydrogen-bond donors (Lipinski definition) is 1. The van der Waals surface area contributed by atoms with Gasteiger partial charge in [0.2, 0.25) is 5.78 Å². The number of fused-ring (bicyclic) bond motifs is 3. The second-order valence-corrected chi connectivity index (χ2v) is 5.03. The predicted molar refractivity (Wildman–Crippen MR) is 67.2 cm³/mol. The molecule has 2 heterocycles. The van der Waals surface area contributed by atoms with E-state index in [-0.39, 0.29) is 11.1 Å². The Kier molecular flexibility index (Phi) is 2.31. The molecule has 0 fully saturated rings. The van der Waals surface area contributed by atoms with Gasteiger partial charge in [-0.2, -0.15) is 0 Å². The number of rotatable bonds is 0. The molecule has 2 aromatic rings. The first-order valence-corrected chi connectivity index (χ1v) is 5.88. The van der Waals surface area contributed by atoms with Gasteiger partial charge in [0.25, 0.3) is 0 Å². The zero-order valence-electron chi connectivity index (χ0n) is 10.5. The van der Waals surface area contributed by atoms with Crippen molar-refractivity contribution in [2.24, 2.45) is 0 Å². The molecule has 19 heavy (non-hydrogen) atoms. The minimum absolute atomic E-state index is 0.196. The van der Waals surface area contributed by atoms with Crippen LogP contribution in [-0.4, -0.2) is 16.5 Å². The average Bonchev–Trinajstić information content (AvgIpc) is 2.35. The lowest BCUT2D eigenvalue weighted by Gasteiger charge is -2.33. The molecule has 0 bridgehead atoms. The third-order valence-corrected chi connectivity index (χ3v) is 3.27. The zero-order chi connectivity index (χ0) is 13.8. The van der Waals surface area contributed by atoms with Crippen molar-refractivity contribution in [3.63, 3.8) is 0 Å². The summed E-state index contributed by atoms with van der Waals surface area (Å²) in [6, 6.07) is 6.25. The summed E-state index contributed by atoms with van der Waals surface area (Å²) in [4.78, 5) is 23.4. The third kappa shape index (κ3) is 1.66. The largest absolute Gasteiger partial charge is 0.479 e. The van der Waals surface area contributed by atoms with Crippen LogP contribution in [0, 0.1) is 0 Å². The van der Waals surface area contributed by atoms with Gasteiger partial charge >= 0.3 is 5.63 Å². The molecule has 0 saturated carbocycles. The number of carbonyl (C=O) groups excluding carboxylic acids is 1. The van der Waals surface area contributed by atoms with Gasteiger partial charge in [-0.05, 0) is 32.0 Å². The molecule has 0 radical (unpaired) electrons. The highest BCUT2D eigenvalue weighted by atomic mass is 16.5. The van der Waals surface area contributed by atoms with E-state index in [0.717, 1.165) is 0 Å². The molecular formula is C14H12O5. The van der Waals surface area contributed by atoms with Gasteiger partial charge in [0.05, 0.1) is 5.56 Å². The van der Waals surface area contributed by atoms with Crippen molar-refractivity contribution in [1.29, 1.82) is 0 Å². The maximum absolute atomic E-state index is 12.0. The molecule has 3 rings (SSSR count). The number of Topliss-reactive ketones (excluding diaryl/α,β-unsaturated/α-hetero) is 1. The van der Waals surface area contributed by atoms with Crippen molar-refractivity contribution < 1.29 is 19.1 Å². The molecule has 0 unspecified atom stereocenters. The number of aliphatic hydroxyl groups excluding tert-OH is 1. The number of aliphatic hydroxyl groups is 1. The molecule has 0 saturated heterocycles. The van der Waals surface area contributed by atoms with E-state index in [4.69, 9.17) is 9.15 Å². The molecule has 1 aromatic heterocycles. The van der Waals surface area contributed by atoms with Crippen LogP contribution in [0.2, 0.25) is 0 Å². The van der Waals surface area contributed by atoms with E-state index >= 15 is 0 Å². The molecular weight excluding hydrogens is 248 g/mol. The number of hydrogen-bond acceptors (Lipinski definition) is 5. The summed E-state index contributed by atoms with van der Waals surface area (Å²) < 4.78 is 10.7. The summed E-state index contributed by atoms with van der Waals surface area (Å²) in [5.74, 6) is -0.0991. The molecule has 0 aliphatic carbocycles. The van der Waals surface area contributed by atoms with E-state index in [2.05, 4.69) is 0 Å². The van der Waals surface area contributed by atoms with E-state index < -0.39 is 23.1 Å². The van der Waals surface area contributed by atoms with Gasteiger partial charge in [0, 0.05) is 11.5 Å². The Morgan fingerprint density at radius 1 is 1.16 bits per heavy atom. The standard InChI is InChI=1S/C14H12O5/c1-14(2)13(17)11(16)10-8(19-14)5-3-7-4-6-9(15)18-12(7)10/h3-6,11,16H,1-2H3/t11-/m1/s1. The van der Waals surface area contributed by atoms with Crippen molar-refractivity contribution in [3.8, 4) is 5.75 Å². The molecule has 1 atom stereocenters. The van der Waals surface area contributed by atoms with Crippen LogP contribution >= 0.6 is 0 Å². The van der Waals surface area contributed by atoms with Crippen LogP contribution in [0.4, 0.5) is 0 Å². The summed E-state index contributed by atoms with van der Waals surface area (Å²) in [6.45, 7) is 3.18. The van der Waals surface area contributed by atoms with Crippen molar-refractivity contribution in [1.82, 2.24) is 0 Å². The lowest BCUT2D eigenvalue weighted by Crippen LogP contribution is -2.45. The van der Waals surface area contributed by atoms with Gasteiger partial charge in [-0.3, -0.25) is 4.79 Å². The Morgan fingerprint density at radius 3 is 2.58 bits per heavy atom. The van der Waals surface area contributed by atoms with Crippen LogP contribution in [0.1, 0.15) is 25.5 Å². The maximum Gasteiger partial charge on any atom is 0.336 e. The van der Waals surface area contributed by atoms with E-state index in [1.807, 2.05) is 0 Å². The molecule has 0 amide bonds. The summed E-state index contributed by atoms with van der Waals surface area (Å²) in [6.07, 6.45) is -1.35. The Morgan fingerprint density at radius 2 is 1.84 bits per heavy atom. The first kappa shape index (κ1) is 11.9. The monoisotopic (exact) mass is 260 g/mol. The Labute approximate surface area is 108 Å². The second kappa shape index (κ2) is 3.68. The Balaban J connectivity index is 2.36. The summed E-state index contributed by atoms with van der Waals surface area (Å²) >= 11 is 0. The van der Waals surface area contributed by atoms with Gasteiger partial charge < -0.3 is 14.3 Å². The quantitative estimate of drug-likeness (QED) is 0.727. The van der Waals surface area contributed by atoms with Crippen LogP contribution in [0.15, 0.2) is 33.5 Å². The smallest absolute Gasteiger partial charge is 0.336 e. The molecule has 1 aliphatic rings. The van der Waals surface area contributed by atoms with Crippen molar-refractivity contribution in [2.75, 3.05) is 0 Å². The van der Waals surface area contributed by atoms with Gasteiger partial charge in [-0.25, -0.2) is 4.79 Å². The summed E-state index contributed by atoms with van der Waals surface area (Å²) in [7, 11) is 0. The maximum atomic E-state index is 12.0. The van der Waals surface area contributed by atoms with Crippen LogP contribution < -0.4 is 10.4 Å². The third-order valence-electron chi connectivity index (χ3n) is 3.27. The minimum atomic E-state index is -1.35. The Bertz CT molecular complexity index is 741. The highest BCUT2D eigenvalue weighted by molar-refractivity contribution is 5.98. The number of benzene rings is 1. The predicted octanol–water partition coefficient (Wildman–Crippen LogP) is 1.57. The molecule has 1 N–H and O–H groups in total. The van der Waals surface area contributed by atoms with E-state index in [1.54, 1.807) is 32.0 Å². The van der Waals surface area contributed by atoms with Gasteiger partial charge in [0.1, 0.15) is 17.4 Å². The fourth-order valence-corrected chi connectivity index (χ4v) is 2.27.